The number of carbonyl (C=O) groups excluding carboxylic acids is 2. The van der Waals surface area contributed by atoms with E-state index in [1.54, 1.807) is 24.3 Å². The maximum Gasteiger partial charge on any atom is 0.257 e. The summed E-state index contributed by atoms with van der Waals surface area (Å²) >= 11 is 0. The minimum absolute atomic E-state index is 0.00190. The molecule has 0 saturated carbocycles. The fourth-order valence-electron chi connectivity index (χ4n) is 4.22. The zero-order valence-electron chi connectivity index (χ0n) is 19.2. The van der Waals surface area contributed by atoms with Crippen molar-refractivity contribution >= 4 is 28.3 Å². The number of fused-ring (bicyclic) bond motifs is 3. The molecule has 8 heteroatoms. The second kappa shape index (κ2) is 8.10. The van der Waals surface area contributed by atoms with Crippen LogP contribution in [0.5, 0.6) is 0 Å². The van der Waals surface area contributed by atoms with Gasteiger partial charge in [0.05, 0.1) is 11.3 Å². The van der Waals surface area contributed by atoms with Gasteiger partial charge in [-0.3, -0.25) is 14.6 Å². The molecule has 3 heterocycles. The Balaban J connectivity index is 1.91. The van der Waals surface area contributed by atoms with Crippen LogP contribution in [0.4, 0.5) is 8.78 Å². The highest BCUT2D eigenvalue weighted by molar-refractivity contribution is 6.21. The van der Waals surface area contributed by atoms with E-state index in [9.17, 15) is 18.4 Å². The van der Waals surface area contributed by atoms with Crippen LogP contribution < -0.4 is 0 Å². The number of aromatic amines is 1. The van der Waals surface area contributed by atoms with Crippen LogP contribution in [0.1, 0.15) is 49.3 Å². The number of nitrogens with one attached hydrogen (secondary N) is 1. The van der Waals surface area contributed by atoms with Crippen LogP contribution in [0.2, 0.25) is 0 Å². The molecular weight excluding hydrogens is 426 g/mol. The third-order valence-electron chi connectivity index (χ3n) is 6.15. The maximum atomic E-state index is 13.8. The van der Waals surface area contributed by atoms with Gasteiger partial charge in [-0.15, -0.1) is 0 Å². The van der Waals surface area contributed by atoms with Crippen molar-refractivity contribution < 1.29 is 18.4 Å². The molecule has 0 radical (unpaired) electrons. The molecule has 1 aromatic carbocycles. The van der Waals surface area contributed by atoms with Gasteiger partial charge < -0.3 is 14.8 Å². The summed E-state index contributed by atoms with van der Waals surface area (Å²) in [6.45, 7) is 7.98. The highest BCUT2D eigenvalue weighted by Gasteiger charge is 2.38. The second-order valence-corrected chi connectivity index (χ2v) is 9.29. The average molecular weight is 453 g/mol. The highest BCUT2D eigenvalue weighted by atomic mass is 19.2. The zero-order valence-corrected chi connectivity index (χ0v) is 19.2. The Hall–Kier alpha value is -3.55. The van der Waals surface area contributed by atoms with Crippen LogP contribution in [0.3, 0.4) is 0 Å². The molecule has 6 nitrogen and oxygen atoms in total. The molecule has 0 saturated heterocycles. The van der Waals surface area contributed by atoms with Gasteiger partial charge in [0.1, 0.15) is 0 Å². The second-order valence-electron chi connectivity index (χ2n) is 9.29. The van der Waals surface area contributed by atoms with Crippen molar-refractivity contribution in [3.63, 3.8) is 0 Å². The third-order valence-corrected chi connectivity index (χ3v) is 6.15. The van der Waals surface area contributed by atoms with Gasteiger partial charge in [-0.2, -0.15) is 0 Å². The number of likely N-dealkylation sites (N-methyl/N-ethyl adjacent to an activating group) is 1. The van der Waals surface area contributed by atoms with Gasteiger partial charge in [0.15, 0.2) is 11.6 Å². The van der Waals surface area contributed by atoms with Gasteiger partial charge in [0.2, 0.25) is 0 Å². The predicted octanol–water partition coefficient (Wildman–Crippen LogP) is 4.48. The molecule has 0 atom stereocenters. The smallest absolute Gasteiger partial charge is 0.257 e. The molecule has 0 spiro atoms. The lowest BCUT2D eigenvalue weighted by Crippen LogP contribution is -2.37. The first kappa shape index (κ1) is 22.6. The van der Waals surface area contributed by atoms with Crippen LogP contribution in [0.15, 0.2) is 42.9 Å². The van der Waals surface area contributed by atoms with Crippen molar-refractivity contribution in [3.8, 4) is 0 Å². The number of carbonyl (C=O) groups is 2. The van der Waals surface area contributed by atoms with Crippen LogP contribution in [0.25, 0.3) is 16.5 Å². The lowest BCUT2D eigenvalue weighted by molar-refractivity contribution is -0.125. The molecule has 33 heavy (non-hydrogen) atoms. The van der Waals surface area contributed by atoms with Crippen LogP contribution >= 0.6 is 0 Å². The SMILES string of the molecule is CC(C)N(C)C(=O)C1=CN(C(=O)c2ccc(F)c(F)c2)CC(C)(C)c2c1[nH]c1ccncc21. The Kier molecular flexibility index (Phi) is 5.56. The largest absolute Gasteiger partial charge is 0.354 e. The number of halogens is 2. The summed E-state index contributed by atoms with van der Waals surface area (Å²) in [4.78, 5) is 37.5. The summed E-state index contributed by atoms with van der Waals surface area (Å²) in [5.74, 6) is -2.91. The van der Waals surface area contributed by atoms with E-state index < -0.39 is 23.0 Å². The van der Waals surface area contributed by atoms with Crippen molar-refractivity contribution in [2.45, 2.75) is 39.2 Å². The molecule has 0 fully saturated rings. The third kappa shape index (κ3) is 3.90. The first-order valence-electron chi connectivity index (χ1n) is 10.7. The number of hydrogen-bond donors (Lipinski definition) is 1. The Morgan fingerprint density at radius 2 is 1.91 bits per heavy atom. The summed E-state index contributed by atoms with van der Waals surface area (Å²) in [5.41, 5.74) is 2.08. The molecule has 2 aromatic heterocycles. The molecule has 1 aliphatic heterocycles. The van der Waals surface area contributed by atoms with E-state index in [0.29, 0.717) is 11.3 Å². The van der Waals surface area contributed by atoms with E-state index in [0.717, 1.165) is 28.6 Å². The van der Waals surface area contributed by atoms with Crippen molar-refractivity contribution in [3.05, 3.63) is 71.3 Å². The summed E-state index contributed by atoms with van der Waals surface area (Å²) in [7, 11) is 1.70. The fraction of sp³-hybridized carbons (Fsp3) is 0.320. The molecule has 172 valence electrons. The number of rotatable bonds is 3. The molecule has 2 amide bonds. The van der Waals surface area contributed by atoms with E-state index >= 15 is 0 Å². The topological polar surface area (TPSA) is 69.3 Å². The summed E-state index contributed by atoms with van der Waals surface area (Å²) in [6, 6.07) is 4.82. The van der Waals surface area contributed by atoms with E-state index in [1.165, 1.54) is 17.2 Å². The summed E-state index contributed by atoms with van der Waals surface area (Å²) in [6.07, 6.45) is 4.93. The lowest BCUT2D eigenvalue weighted by atomic mass is 9.82. The molecule has 1 aliphatic rings. The zero-order chi connectivity index (χ0) is 24.1. The summed E-state index contributed by atoms with van der Waals surface area (Å²) < 4.78 is 27.3. The normalized spacial score (nSPS) is 15.3. The standard InChI is InChI=1S/C25H26F2N4O2/c1-14(2)30(5)24(33)17-12-31(23(32)15-6-7-18(26)19(27)10-15)13-25(3,4)21-16-11-28-9-8-20(16)29-22(17)21/h6-12,14,29H,13H2,1-5H3. The van der Waals surface area contributed by atoms with Gasteiger partial charge in [0, 0.05) is 60.1 Å². The number of amides is 2. The van der Waals surface area contributed by atoms with Crippen LogP contribution in [-0.2, 0) is 10.2 Å². The van der Waals surface area contributed by atoms with E-state index in [-0.39, 0.29) is 24.1 Å². The predicted molar refractivity (Wildman–Crippen MR) is 122 cm³/mol. The maximum absolute atomic E-state index is 13.8. The molecule has 1 N–H and O–H groups in total. The summed E-state index contributed by atoms with van der Waals surface area (Å²) in [5, 5.41) is 0.866. The quantitative estimate of drug-likeness (QED) is 0.637. The number of hydrogen-bond acceptors (Lipinski definition) is 3. The Morgan fingerprint density at radius 1 is 1.18 bits per heavy atom. The van der Waals surface area contributed by atoms with Gasteiger partial charge in [0.25, 0.3) is 11.8 Å². The van der Waals surface area contributed by atoms with Crippen molar-refractivity contribution in [1.82, 2.24) is 19.8 Å². The van der Waals surface area contributed by atoms with Crippen molar-refractivity contribution in [2.75, 3.05) is 13.6 Å². The Morgan fingerprint density at radius 3 is 2.58 bits per heavy atom. The first-order valence-corrected chi connectivity index (χ1v) is 10.7. The van der Waals surface area contributed by atoms with Gasteiger partial charge in [-0.05, 0) is 43.7 Å². The molecule has 4 rings (SSSR count). The van der Waals surface area contributed by atoms with Gasteiger partial charge >= 0.3 is 0 Å². The number of aromatic nitrogens is 2. The van der Waals surface area contributed by atoms with E-state index in [4.69, 9.17) is 0 Å². The minimum Gasteiger partial charge on any atom is -0.354 e. The monoisotopic (exact) mass is 452 g/mol. The average Bonchev–Trinajstić information content (AvgIpc) is 3.12. The van der Waals surface area contributed by atoms with Crippen LogP contribution in [0, 0.1) is 11.6 Å². The van der Waals surface area contributed by atoms with Gasteiger partial charge in [-0.25, -0.2) is 8.78 Å². The minimum atomic E-state index is -1.10. The first-order chi connectivity index (χ1) is 15.5. The van der Waals surface area contributed by atoms with Crippen LogP contribution in [-0.4, -0.2) is 51.2 Å². The molecule has 0 unspecified atom stereocenters. The Bertz CT molecular complexity index is 1290. The fourth-order valence-corrected chi connectivity index (χ4v) is 4.22. The number of benzene rings is 1. The molecule has 3 aromatic rings. The van der Waals surface area contributed by atoms with Crippen molar-refractivity contribution in [1.29, 1.82) is 0 Å². The van der Waals surface area contributed by atoms with Gasteiger partial charge in [-0.1, -0.05) is 13.8 Å². The Labute approximate surface area is 190 Å². The molecule has 0 bridgehead atoms. The molecule has 0 aliphatic carbocycles. The number of pyridine rings is 1. The number of nitrogens with zero attached hydrogens (tertiary/aromatic N) is 3. The van der Waals surface area contributed by atoms with Crippen molar-refractivity contribution in [2.24, 2.45) is 0 Å². The van der Waals surface area contributed by atoms with E-state index in [1.807, 2.05) is 33.8 Å². The number of H-pyrrole nitrogens is 1. The van der Waals surface area contributed by atoms with E-state index in [2.05, 4.69) is 9.97 Å². The lowest BCUT2D eigenvalue weighted by Gasteiger charge is -2.29. The molecular formula is C25H26F2N4O2. The highest BCUT2D eigenvalue weighted by Crippen LogP contribution is 2.40.